The lowest BCUT2D eigenvalue weighted by Gasteiger charge is -2.14. The van der Waals surface area contributed by atoms with Crippen LogP contribution in [0.15, 0.2) is 81.7 Å². The van der Waals surface area contributed by atoms with E-state index in [4.69, 9.17) is 26.8 Å². The molecule has 0 fully saturated rings. The van der Waals surface area contributed by atoms with Crippen molar-refractivity contribution in [3.63, 3.8) is 0 Å². The van der Waals surface area contributed by atoms with Gasteiger partial charge in [0.1, 0.15) is 11.5 Å². The highest BCUT2D eigenvalue weighted by Crippen LogP contribution is 2.36. The van der Waals surface area contributed by atoms with Gasteiger partial charge in [0.05, 0.1) is 57.1 Å². The summed E-state index contributed by atoms with van der Waals surface area (Å²) in [6.07, 6.45) is -10.1. The maximum atomic E-state index is 13.2. The van der Waals surface area contributed by atoms with E-state index in [2.05, 4.69) is 46.7 Å². The van der Waals surface area contributed by atoms with Gasteiger partial charge in [0.25, 0.3) is 0 Å². The average Bonchev–Trinajstić information content (AvgIpc) is 3.10. The Labute approximate surface area is 332 Å². The van der Waals surface area contributed by atoms with Gasteiger partial charge in [-0.15, -0.1) is 0 Å². The second-order valence-electron chi connectivity index (χ2n) is 10.7. The molecule has 55 heavy (non-hydrogen) atoms. The maximum absolute atomic E-state index is 13.2. The third-order valence-corrected chi connectivity index (χ3v) is 8.43. The summed E-state index contributed by atoms with van der Waals surface area (Å²) >= 11 is 11.5. The van der Waals surface area contributed by atoms with Crippen LogP contribution in [-0.4, -0.2) is 51.5 Å². The molecule has 4 rings (SSSR count). The number of nitrogens with one attached hydrogen (secondary N) is 1. The minimum absolute atomic E-state index is 0.0498. The van der Waals surface area contributed by atoms with Gasteiger partial charge in [-0.05, 0) is 115 Å². The minimum Gasteiger partial charge on any atom is -0.497 e. The van der Waals surface area contributed by atoms with Gasteiger partial charge in [-0.2, -0.15) is 26.3 Å². The van der Waals surface area contributed by atoms with Crippen molar-refractivity contribution >= 4 is 77.9 Å². The molecular weight excluding hydrogens is 898 g/mol. The summed E-state index contributed by atoms with van der Waals surface area (Å²) in [6.45, 7) is 0. The number of nitrogens with two attached hydrogens (primary N) is 1. The molecule has 0 bridgehead atoms. The standard InChI is InChI=1S/C18H15BrF3NO4.C10H8ClF3O2.C8H8BrNO2/c1-26-12-5-3-10(14(9-12)18(20,21)22)7-16(24)23-11-4-6-13(15(19)8-11)17(25)27-2;1-16-7-3-2-6(4-9(11)15)8(5-7)10(12,13)14;1-12-8(11)6-3-2-5(10)4-7(6)9/h3-6,8-9H,7H2,1-2H3,(H,23,24);2-3,5H,4H2,1H3;2-4H,10H2,1H3. The van der Waals surface area contributed by atoms with Gasteiger partial charge in [0.2, 0.25) is 11.1 Å². The third kappa shape index (κ3) is 14.4. The first-order valence-corrected chi connectivity index (χ1v) is 17.1. The van der Waals surface area contributed by atoms with Crippen LogP contribution in [0.25, 0.3) is 0 Å². The monoisotopic (exact) mass is 926 g/mol. The Morgan fingerprint density at radius 1 is 0.655 bits per heavy atom. The van der Waals surface area contributed by atoms with Crippen LogP contribution >= 0.6 is 43.5 Å². The minimum atomic E-state index is -4.62. The highest BCUT2D eigenvalue weighted by molar-refractivity contribution is 9.10. The van der Waals surface area contributed by atoms with Gasteiger partial charge in [0, 0.05) is 26.7 Å². The summed E-state index contributed by atoms with van der Waals surface area (Å²) in [6, 6.07) is 16.1. The number of ether oxygens (including phenoxy) is 4. The molecule has 0 saturated heterocycles. The Kier molecular flexibility index (Phi) is 17.5. The number of halogens is 9. The number of hydrogen-bond donors (Lipinski definition) is 2. The zero-order valence-corrected chi connectivity index (χ0v) is 33.0. The van der Waals surface area contributed by atoms with Crippen LogP contribution in [0.2, 0.25) is 0 Å². The number of benzene rings is 4. The van der Waals surface area contributed by atoms with Crippen LogP contribution in [0.3, 0.4) is 0 Å². The number of carbonyl (C=O) groups is 4. The van der Waals surface area contributed by atoms with E-state index in [9.17, 15) is 45.5 Å². The van der Waals surface area contributed by atoms with Gasteiger partial charge in [-0.1, -0.05) is 12.1 Å². The first kappa shape index (κ1) is 46.3. The second kappa shape index (κ2) is 20.8. The SMILES string of the molecule is COC(=O)c1ccc(N)cc1Br.COC(=O)c1ccc(NC(=O)Cc2ccc(OC)cc2C(F)(F)F)cc1Br.COc1ccc(CC(=O)Cl)c(C(F)(F)F)c1. The average molecular weight is 929 g/mol. The Balaban J connectivity index is 0.000000315. The van der Waals surface area contributed by atoms with Gasteiger partial charge in [-0.3, -0.25) is 9.59 Å². The number of hydrogen-bond acceptors (Lipinski definition) is 9. The maximum Gasteiger partial charge on any atom is 0.416 e. The number of nitrogen functional groups attached to an aromatic ring is 1. The van der Waals surface area contributed by atoms with Crippen molar-refractivity contribution in [1.82, 2.24) is 0 Å². The van der Waals surface area contributed by atoms with E-state index in [1.54, 1.807) is 18.2 Å². The van der Waals surface area contributed by atoms with E-state index in [-0.39, 0.29) is 34.2 Å². The van der Waals surface area contributed by atoms with E-state index in [0.717, 1.165) is 12.1 Å². The van der Waals surface area contributed by atoms with Crippen molar-refractivity contribution in [3.05, 3.63) is 115 Å². The molecule has 0 saturated carbocycles. The lowest BCUT2D eigenvalue weighted by atomic mass is 10.0. The predicted molar refractivity (Wildman–Crippen MR) is 198 cm³/mol. The van der Waals surface area contributed by atoms with E-state index in [0.29, 0.717) is 25.9 Å². The Morgan fingerprint density at radius 3 is 1.47 bits per heavy atom. The number of amides is 1. The van der Waals surface area contributed by atoms with E-state index in [1.807, 2.05) is 0 Å². The summed E-state index contributed by atoms with van der Waals surface area (Å²) in [5.74, 6) is -1.44. The fourth-order valence-electron chi connectivity index (χ4n) is 4.40. The Morgan fingerprint density at radius 2 is 1.09 bits per heavy atom. The first-order chi connectivity index (χ1) is 25.6. The third-order valence-electron chi connectivity index (χ3n) is 6.98. The van der Waals surface area contributed by atoms with Crippen molar-refractivity contribution in [2.24, 2.45) is 0 Å². The molecule has 0 radical (unpaired) electrons. The van der Waals surface area contributed by atoms with Crippen LogP contribution in [0.4, 0.5) is 37.7 Å². The molecule has 0 heterocycles. The summed E-state index contributed by atoms with van der Waals surface area (Å²) in [5, 5.41) is 1.67. The van der Waals surface area contributed by atoms with E-state index in [1.165, 1.54) is 70.9 Å². The highest BCUT2D eigenvalue weighted by Gasteiger charge is 2.35. The van der Waals surface area contributed by atoms with Crippen molar-refractivity contribution in [3.8, 4) is 11.5 Å². The van der Waals surface area contributed by atoms with Gasteiger partial charge in [-0.25, -0.2) is 9.59 Å². The number of anilines is 2. The Bertz CT molecular complexity index is 2010. The number of rotatable bonds is 9. The normalized spacial score (nSPS) is 10.8. The predicted octanol–water partition coefficient (Wildman–Crippen LogP) is 9.28. The molecule has 0 aliphatic heterocycles. The van der Waals surface area contributed by atoms with Crippen molar-refractivity contribution in [2.45, 2.75) is 25.2 Å². The number of methoxy groups -OCH3 is 4. The fourth-order valence-corrected chi connectivity index (χ4v) is 5.65. The summed E-state index contributed by atoms with van der Waals surface area (Å²) in [5.41, 5.74) is 4.98. The molecule has 0 atom stereocenters. The second-order valence-corrected chi connectivity index (χ2v) is 12.8. The summed E-state index contributed by atoms with van der Waals surface area (Å²) < 4.78 is 97.1. The fraction of sp³-hybridized carbons (Fsp3) is 0.222. The van der Waals surface area contributed by atoms with Crippen molar-refractivity contribution in [2.75, 3.05) is 39.5 Å². The summed E-state index contributed by atoms with van der Waals surface area (Å²) in [7, 11) is 5.10. The molecule has 19 heteroatoms. The van der Waals surface area contributed by atoms with Crippen LogP contribution < -0.4 is 20.5 Å². The van der Waals surface area contributed by atoms with Gasteiger partial charge in [0.15, 0.2) is 0 Å². The van der Waals surface area contributed by atoms with Crippen molar-refractivity contribution in [1.29, 1.82) is 0 Å². The molecule has 4 aromatic carbocycles. The first-order valence-electron chi connectivity index (χ1n) is 15.1. The number of esters is 2. The van der Waals surface area contributed by atoms with Crippen LogP contribution in [-0.2, 0) is 44.3 Å². The smallest absolute Gasteiger partial charge is 0.416 e. The van der Waals surface area contributed by atoms with Gasteiger partial charge >= 0.3 is 24.3 Å². The van der Waals surface area contributed by atoms with E-state index >= 15 is 0 Å². The molecule has 0 aliphatic rings. The summed E-state index contributed by atoms with van der Waals surface area (Å²) in [4.78, 5) is 45.4. The molecule has 1 amide bonds. The molecule has 3 N–H and O–H groups in total. The molecule has 0 spiro atoms. The highest BCUT2D eigenvalue weighted by atomic mass is 79.9. The zero-order chi connectivity index (χ0) is 41.7. The lowest BCUT2D eigenvalue weighted by Crippen LogP contribution is -2.18. The largest absolute Gasteiger partial charge is 0.497 e. The molecule has 10 nitrogen and oxygen atoms in total. The van der Waals surface area contributed by atoms with Crippen LogP contribution in [0, 0.1) is 0 Å². The number of alkyl halides is 6. The van der Waals surface area contributed by atoms with Crippen molar-refractivity contribution < 1.29 is 64.5 Å². The van der Waals surface area contributed by atoms with Crippen LogP contribution in [0.5, 0.6) is 11.5 Å². The lowest BCUT2D eigenvalue weighted by molar-refractivity contribution is -0.139. The van der Waals surface area contributed by atoms with E-state index < -0.39 is 53.4 Å². The van der Waals surface area contributed by atoms with Gasteiger partial charge < -0.3 is 30.0 Å². The molecular formula is C36H31Br2ClF6N2O8. The Hall–Kier alpha value is -4.81. The quantitative estimate of drug-likeness (QED) is 0.0727. The molecule has 0 aromatic heterocycles. The molecule has 4 aromatic rings. The zero-order valence-electron chi connectivity index (χ0n) is 29.1. The molecule has 0 unspecified atom stereocenters. The molecule has 296 valence electrons. The van der Waals surface area contributed by atoms with Crippen LogP contribution in [0.1, 0.15) is 43.0 Å². The molecule has 0 aliphatic carbocycles. The number of carbonyl (C=O) groups excluding carboxylic acids is 4. The topological polar surface area (TPSA) is 143 Å².